The fourth-order valence-corrected chi connectivity index (χ4v) is 1.97. The van der Waals surface area contributed by atoms with Crippen LogP contribution in [0.15, 0.2) is 24.4 Å². The molecule has 1 aromatic carbocycles. The first-order chi connectivity index (χ1) is 8.11. The Morgan fingerprint density at radius 3 is 3.06 bits per heavy atom. The molecule has 2 rings (SSSR count). The Morgan fingerprint density at radius 1 is 1.59 bits per heavy atom. The van der Waals surface area contributed by atoms with E-state index < -0.39 is 12.0 Å². The number of rotatable bonds is 3. The summed E-state index contributed by atoms with van der Waals surface area (Å²) in [6.45, 7) is 0. The summed E-state index contributed by atoms with van der Waals surface area (Å²) in [5.74, 6) is -0.409. The highest BCUT2D eigenvalue weighted by Crippen LogP contribution is 2.22. The second kappa shape index (κ2) is 4.77. The molecule has 0 saturated carbocycles. The van der Waals surface area contributed by atoms with Crippen molar-refractivity contribution < 1.29 is 9.53 Å². The van der Waals surface area contributed by atoms with Gasteiger partial charge in [-0.3, -0.25) is 4.79 Å². The van der Waals surface area contributed by atoms with E-state index in [1.165, 1.54) is 7.11 Å². The minimum Gasteiger partial charge on any atom is -0.468 e. The molecule has 0 fully saturated rings. The molecule has 1 atom stereocenters. The molecule has 1 aromatic heterocycles. The lowest BCUT2D eigenvalue weighted by Gasteiger charge is -2.07. The smallest absolute Gasteiger partial charge is 0.322 e. The summed E-state index contributed by atoms with van der Waals surface area (Å²) >= 11 is 5.89. The zero-order chi connectivity index (χ0) is 12.4. The lowest BCUT2D eigenvalue weighted by molar-refractivity contribution is -0.142. The average molecular weight is 253 g/mol. The molecule has 1 unspecified atom stereocenters. The van der Waals surface area contributed by atoms with E-state index in [9.17, 15) is 4.79 Å². The number of hydrogen-bond acceptors (Lipinski definition) is 3. The molecule has 1 heterocycles. The van der Waals surface area contributed by atoms with Crippen molar-refractivity contribution in [2.24, 2.45) is 5.73 Å². The van der Waals surface area contributed by atoms with Crippen LogP contribution in [0, 0.1) is 0 Å². The number of aromatic nitrogens is 1. The molecule has 0 bridgehead atoms. The van der Waals surface area contributed by atoms with Gasteiger partial charge in [0.05, 0.1) is 7.11 Å². The van der Waals surface area contributed by atoms with Crippen molar-refractivity contribution in [3.05, 3.63) is 35.0 Å². The Bertz CT molecular complexity index is 550. The van der Waals surface area contributed by atoms with Gasteiger partial charge in [-0.15, -0.1) is 0 Å². The van der Waals surface area contributed by atoms with Gasteiger partial charge in [0, 0.05) is 28.5 Å². The largest absolute Gasteiger partial charge is 0.468 e. The molecular formula is C12H13ClN2O2. The maximum atomic E-state index is 11.2. The van der Waals surface area contributed by atoms with E-state index in [2.05, 4.69) is 9.72 Å². The van der Waals surface area contributed by atoms with Crippen LogP contribution in [-0.2, 0) is 16.0 Å². The molecule has 0 aliphatic carbocycles. The van der Waals surface area contributed by atoms with Gasteiger partial charge in [-0.2, -0.15) is 0 Å². The third kappa shape index (κ3) is 2.43. The van der Waals surface area contributed by atoms with Crippen molar-refractivity contribution in [1.82, 2.24) is 4.98 Å². The molecule has 0 amide bonds. The number of hydrogen-bond donors (Lipinski definition) is 2. The van der Waals surface area contributed by atoms with Crippen LogP contribution in [0.1, 0.15) is 5.56 Å². The Balaban J connectivity index is 2.28. The van der Waals surface area contributed by atoms with Crippen molar-refractivity contribution in [1.29, 1.82) is 0 Å². The summed E-state index contributed by atoms with van der Waals surface area (Å²) in [5, 5.41) is 1.69. The number of nitrogens with two attached hydrogens (primary N) is 1. The van der Waals surface area contributed by atoms with Gasteiger partial charge in [0.2, 0.25) is 0 Å². The number of carbonyl (C=O) groups is 1. The molecule has 4 nitrogen and oxygen atoms in total. The summed E-state index contributed by atoms with van der Waals surface area (Å²) in [6, 6.07) is 4.91. The van der Waals surface area contributed by atoms with Gasteiger partial charge in [-0.05, 0) is 17.7 Å². The van der Waals surface area contributed by atoms with E-state index in [4.69, 9.17) is 17.3 Å². The first-order valence-corrected chi connectivity index (χ1v) is 5.58. The number of benzene rings is 1. The van der Waals surface area contributed by atoms with E-state index in [-0.39, 0.29) is 0 Å². The normalized spacial score (nSPS) is 12.6. The Morgan fingerprint density at radius 2 is 2.35 bits per heavy atom. The van der Waals surface area contributed by atoms with Gasteiger partial charge in [0.15, 0.2) is 0 Å². The molecule has 5 heteroatoms. The zero-order valence-corrected chi connectivity index (χ0v) is 10.1. The van der Waals surface area contributed by atoms with Gasteiger partial charge in [0.25, 0.3) is 0 Å². The van der Waals surface area contributed by atoms with Crippen LogP contribution in [0.2, 0.25) is 5.02 Å². The van der Waals surface area contributed by atoms with Gasteiger partial charge >= 0.3 is 5.97 Å². The van der Waals surface area contributed by atoms with Crippen molar-refractivity contribution in [2.75, 3.05) is 7.11 Å². The van der Waals surface area contributed by atoms with Crippen LogP contribution in [0.25, 0.3) is 10.9 Å². The van der Waals surface area contributed by atoms with E-state index >= 15 is 0 Å². The van der Waals surface area contributed by atoms with E-state index in [0.29, 0.717) is 11.4 Å². The summed E-state index contributed by atoms with van der Waals surface area (Å²) in [4.78, 5) is 14.3. The predicted molar refractivity (Wildman–Crippen MR) is 67.0 cm³/mol. The summed E-state index contributed by atoms with van der Waals surface area (Å²) < 4.78 is 4.60. The molecule has 0 radical (unpaired) electrons. The Hall–Kier alpha value is -1.52. The van der Waals surface area contributed by atoms with Crippen LogP contribution in [0.4, 0.5) is 0 Å². The van der Waals surface area contributed by atoms with Crippen molar-refractivity contribution >= 4 is 28.5 Å². The van der Waals surface area contributed by atoms with Crippen LogP contribution in [0.5, 0.6) is 0 Å². The molecule has 17 heavy (non-hydrogen) atoms. The second-order valence-corrected chi connectivity index (χ2v) is 4.27. The topological polar surface area (TPSA) is 68.1 Å². The number of ether oxygens (including phenoxy) is 1. The number of nitrogens with one attached hydrogen (secondary N) is 1. The van der Waals surface area contributed by atoms with Crippen LogP contribution in [-0.4, -0.2) is 24.1 Å². The first-order valence-electron chi connectivity index (χ1n) is 5.20. The van der Waals surface area contributed by atoms with Crippen molar-refractivity contribution in [3.63, 3.8) is 0 Å². The fourth-order valence-electron chi connectivity index (χ4n) is 1.80. The van der Waals surface area contributed by atoms with E-state index in [0.717, 1.165) is 16.5 Å². The first kappa shape index (κ1) is 12.0. The summed E-state index contributed by atoms with van der Waals surface area (Å²) in [5.41, 5.74) is 7.64. The lowest BCUT2D eigenvalue weighted by atomic mass is 10.1. The molecule has 0 aliphatic rings. The highest BCUT2D eigenvalue weighted by atomic mass is 35.5. The van der Waals surface area contributed by atoms with Crippen LogP contribution < -0.4 is 5.73 Å². The van der Waals surface area contributed by atoms with E-state index in [1.54, 1.807) is 0 Å². The Kier molecular flexibility index (Phi) is 3.36. The number of carbonyl (C=O) groups excluding carboxylic acids is 1. The fraction of sp³-hybridized carbons (Fsp3) is 0.250. The Labute approximate surface area is 104 Å². The lowest BCUT2D eigenvalue weighted by Crippen LogP contribution is -2.33. The maximum Gasteiger partial charge on any atom is 0.322 e. The number of methoxy groups -OCH3 is 1. The molecular weight excluding hydrogens is 240 g/mol. The van der Waals surface area contributed by atoms with Gasteiger partial charge < -0.3 is 15.5 Å². The predicted octanol–water partition coefficient (Wildman–Crippen LogP) is 1.86. The minimum absolute atomic E-state index is 0.409. The highest BCUT2D eigenvalue weighted by molar-refractivity contribution is 6.31. The SMILES string of the molecule is COC(=O)C(N)Cc1c[nH]c2cc(Cl)ccc12. The van der Waals surface area contributed by atoms with Gasteiger partial charge in [-0.25, -0.2) is 0 Å². The standard InChI is InChI=1S/C12H13ClN2O2/c1-17-12(16)10(14)4-7-6-15-11-5-8(13)2-3-9(7)11/h2-3,5-6,10,15H,4,14H2,1H3. The average Bonchev–Trinajstić information content (AvgIpc) is 2.70. The third-order valence-electron chi connectivity index (χ3n) is 2.67. The van der Waals surface area contributed by atoms with Crippen molar-refractivity contribution in [2.45, 2.75) is 12.5 Å². The molecule has 0 aliphatic heterocycles. The molecule has 0 saturated heterocycles. The highest BCUT2D eigenvalue weighted by Gasteiger charge is 2.16. The summed E-state index contributed by atoms with van der Waals surface area (Å²) in [6.07, 6.45) is 2.28. The second-order valence-electron chi connectivity index (χ2n) is 3.84. The van der Waals surface area contributed by atoms with Crippen LogP contribution in [0.3, 0.4) is 0 Å². The molecule has 2 aromatic rings. The molecule has 0 spiro atoms. The number of esters is 1. The third-order valence-corrected chi connectivity index (χ3v) is 2.91. The number of halogens is 1. The molecule has 3 N–H and O–H groups in total. The van der Waals surface area contributed by atoms with E-state index in [1.807, 2.05) is 24.4 Å². The van der Waals surface area contributed by atoms with Crippen LogP contribution >= 0.6 is 11.6 Å². The quantitative estimate of drug-likeness (QED) is 0.820. The maximum absolute atomic E-state index is 11.2. The number of aromatic amines is 1. The monoisotopic (exact) mass is 252 g/mol. The number of H-pyrrole nitrogens is 1. The van der Waals surface area contributed by atoms with Gasteiger partial charge in [0.1, 0.15) is 6.04 Å². The zero-order valence-electron chi connectivity index (χ0n) is 9.37. The minimum atomic E-state index is -0.644. The molecule has 90 valence electrons. The number of fused-ring (bicyclic) bond motifs is 1. The summed E-state index contributed by atoms with van der Waals surface area (Å²) in [7, 11) is 1.33. The van der Waals surface area contributed by atoms with Crippen molar-refractivity contribution in [3.8, 4) is 0 Å². The van der Waals surface area contributed by atoms with Gasteiger partial charge in [-0.1, -0.05) is 17.7 Å².